The molecule has 0 aromatic heterocycles. The van der Waals surface area contributed by atoms with Crippen LogP contribution in [0.5, 0.6) is 0 Å². The van der Waals surface area contributed by atoms with Crippen molar-refractivity contribution in [1.82, 2.24) is 10.2 Å². The second kappa shape index (κ2) is 6.88. The fourth-order valence-electron chi connectivity index (χ4n) is 2.14. The van der Waals surface area contributed by atoms with E-state index in [9.17, 15) is 0 Å². The Hall–Kier alpha value is -1.12. The van der Waals surface area contributed by atoms with E-state index in [1.165, 1.54) is 11.1 Å². The molecule has 1 rings (SSSR count). The van der Waals surface area contributed by atoms with E-state index in [1.54, 1.807) is 0 Å². The normalized spacial score (nSPS) is 13.6. The van der Waals surface area contributed by atoms with Gasteiger partial charge in [-0.15, -0.1) is 0 Å². The van der Waals surface area contributed by atoms with Gasteiger partial charge in [0, 0.05) is 24.7 Å². The number of likely N-dealkylation sites (N-methyl/N-ethyl adjacent to an activating group) is 1. The zero-order chi connectivity index (χ0) is 14.5. The van der Waals surface area contributed by atoms with Crippen LogP contribution in [0.25, 0.3) is 0 Å². The Morgan fingerprint density at radius 1 is 1.26 bits per heavy atom. The van der Waals surface area contributed by atoms with Crippen molar-refractivity contribution in [2.24, 2.45) is 0 Å². The van der Waals surface area contributed by atoms with Gasteiger partial charge in [-0.3, -0.25) is 4.90 Å². The molecule has 1 N–H and O–H groups in total. The minimum absolute atomic E-state index is 0.136. The van der Waals surface area contributed by atoms with Crippen LogP contribution in [0.4, 0.5) is 0 Å². The molecule has 0 heterocycles. The summed E-state index contributed by atoms with van der Waals surface area (Å²) < 4.78 is 0. The lowest BCUT2D eigenvalue weighted by atomic mass is 10.0. The first-order chi connectivity index (χ1) is 8.79. The van der Waals surface area contributed by atoms with Crippen LogP contribution in [0.3, 0.4) is 0 Å². The van der Waals surface area contributed by atoms with E-state index >= 15 is 0 Å². The lowest BCUT2D eigenvalue weighted by Gasteiger charge is -2.32. The van der Waals surface area contributed by atoms with Gasteiger partial charge in [-0.05, 0) is 40.3 Å². The molecule has 106 valence electrons. The second-order valence-electron chi connectivity index (χ2n) is 6.43. The van der Waals surface area contributed by atoms with Crippen LogP contribution < -0.4 is 5.32 Å². The lowest BCUT2D eigenvalue weighted by Crippen LogP contribution is -2.42. The van der Waals surface area contributed by atoms with Gasteiger partial charge in [-0.2, -0.15) is 0 Å². The Morgan fingerprint density at radius 2 is 1.84 bits per heavy atom. The van der Waals surface area contributed by atoms with E-state index in [0.717, 1.165) is 13.1 Å². The Labute approximate surface area is 118 Å². The quantitative estimate of drug-likeness (QED) is 0.786. The summed E-state index contributed by atoms with van der Waals surface area (Å²) >= 11 is 0. The Kier molecular flexibility index (Phi) is 5.77. The molecule has 0 aliphatic heterocycles. The zero-order valence-corrected chi connectivity index (χ0v) is 13.0. The summed E-state index contributed by atoms with van der Waals surface area (Å²) in [5, 5.41) is 3.60. The standard InChI is InChI=1S/C17H28N2/c1-14(2)13-19(6)16(12-18-17(3,4)5)15-10-8-7-9-11-15/h7-11,16,18H,1,12-13H2,2-6H3. The van der Waals surface area contributed by atoms with Crippen LogP contribution in [0.2, 0.25) is 0 Å². The number of rotatable bonds is 6. The third-order valence-electron chi connectivity index (χ3n) is 3.06. The van der Waals surface area contributed by atoms with Crippen molar-refractivity contribution in [3.63, 3.8) is 0 Å². The molecule has 0 amide bonds. The van der Waals surface area contributed by atoms with Crippen molar-refractivity contribution in [3.05, 3.63) is 48.0 Å². The minimum atomic E-state index is 0.136. The van der Waals surface area contributed by atoms with Crippen molar-refractivity contribution < 1.29 is 0 Å². The smallest absolute Gasteiger partial charge is 0.0473 e. The van der Waals surface area contributed by atoms with E-state index in [2.05, 4.69) is 81.9 Å². The maximum atomic E-state index is 4.02. The monoisotopic (exact) mass is 260 g/mol. The van der Waals surface area contributed by atoms with Crippen molar-refractivity contribution in [2.75, 3.05) is 20.1 Å². The predicted molar refractivity (Wildman–Crippen MR) is 84.4 cm³/mol. The first-order valence-corrected chi connectivity index (χ1v) is 6.94. The van der Waals surface area contributed by atoms with Gasteiger partial charge in [0.25, 0.3) is 0 Å². The van der Waals surface area contributed by atoms with Crippen LogP contribution >= 0.6 is 0 Å². The summed E-state index contributed by atoms with van der Waals surface area (Å²) in [4.78, 5) is 2.36. The molecule has 0 radical (unpaired) electrons. The number of nitrogens with one attached hydrogen (secondary N) is 1. The maximum absolute atomic E-state index is 4.02. The number of hydrogen-bond donors (Lipinski definition) is 1. The van der Waals surface area contributed by atoms with Crippen molar-refractivity contribution >= 4 is 0 Å². The van der Waals surface area contributed by atoms with Gasteiger partial charge >= 0.3 is 0 Å². The minimum Gasteiger partial charge on any atom is -0.310 e. The summed E-state index contributed by atoms with van der Waals surface area (Å²) in [6.45, 7) is 14.6. The number of benzene rings is 1. The summed E-state index contributed by atoms with van der Waals surface area (Å²) in [6, 6.07) is 11.0. The van der Waals surface area contributed by atoms with Gasteiger partial charge < -0.3 is 5.32 Å². The molecule has 0 spiro atoms. The van der Waals surface area contributed by atoms with Crippen LogP contribution in [0.1, 0.15) is 39.3 Å². The fourth-order valence-corrected chi connectivity index (χ4v) is 2.14. The Balaban J connectivity index is 2.82. The van der Waals surface area contributed by atoms with Crippen LogP contribution in [0.15, 0.2) is 42.5 Å². The lowest BCUT2D eigenvalue weighted by molar-refractivity contribution is 0.239. The summed E-state index contributed by atoms with van der Waals surface area (Å²) in [5.74, 6) is 0. The van der Waals surface area contributed by atoms with E-state index in [0.29, 0.717) is 6.04 Å². The molecule has 19 heavy (non-hydrogen) atoms. The molecule has 0 aliphatic rings. The van der Waals surface area contributed by atoms with E-state index in [1.807, 2.05) is 0 Å². The molecule has 2 nitrogen and oxygen atoms in total. The molecular weight excluding hydrogens is 232 g/mol. The first kappa shape index (κ1) is 15.9. The van der Waals surface area contributed by atoms with Crippen LogP contribution in [-0.2, 0) is 0 Å². The van der Waals surface area contributed by atoms with E-state index in [-0.39, 0.29) is 5.54 Å². The second-order valence-corrected chi connectivity index (χ2v) is 6.43. The van der Waals surface area contributed by atoms with Gasteiger partial charge in [0.05, 0.1) is 0 Å². The zero-order valence-electron chi connectivity index (χ0n) is 13.0. The molecule has 1 aromatic rings. The SMILES string of the molecule is C=C(C)CN(C)C(CNC(C)(C)C)c1ccccc1. The molecule has 0 aliphatic carbocycles. The molecule has 1 unspecified atom stereocenters. The molecule has 0 saturated carbocycles. The number of nitrogens with zero attached hydrogens (tertiary/aromatic N) is 1. The molecule has 2 heteroatoms. The van der Waals surface area contributed by atoms with Crippen molar-refractivity contribution in [1.29, 1.82) is 0 Å². The average molecular weight is 260 g/mol. The molecule has 0 bridgehead atoms. The highest BCUT2D eigenvalue weighted by Crippen LogP contribution is 2.20. The summed E-state index contributed by atoms with van der Waals surface area (Å²) in [7, 11) is 2.16. The highest BCUT2D eigenvalue weighted by molar-refractivity contribution is 5.20. The first-order valence-electron chi connectivity index (χ1n) is 6.94. The number of hydrogen-bond acceptors (Lipinski definition) is 2. The van der Waals surface area contributed by atoms with Crippen LogP contribution in [-0.4, -0.2) is 30.6 Å². The summed E-state index contributed by atoms with van der Waals surface area (Å²) in [6.07, 6.45) is 0. The fraction of sp³-hybridized carbons (Fsp3) is 0.529. The third-order valence-corrected chi connectivity index (χ3v) is 3.06. The third kappa shape index (κ3) is 6.04. The topological polar surface area (TPSA) is 15.3 Å². The molecule has 0 fully saturated rings. The molecule has 0 saturated heterocycles. The Bertz CT molecular complexity index is 389. The van der Waals surface area contributed by atoms with Crippen molar-refractivity contribution in [2.45, 2.75) is 39.3 Å². The highest BCUT2D eigenvalue weighted by atomic mass is 15.2. The highest BCUT2D eigenvalue weighted by Gasteiger charge is 2.19. The average Bonchev–Trinajstić information content (AvgIpc) is 2.28. The van der Waals surface area contributed by atoms with Crippen LogP contribution in [0, 0.1) is 0 Å². The van der Waals surface area contributed by atoms with Gasteiger partial charge in [-0.1, -0.05) is 42.5 Å². The van der Waals surface area contributed by atoms with Gasteiger partial charge in [-0.25, -0.2) is 0 Å². The predicted octanol–water partition coefficient (Wildman–Crippen LogP) is 3.62. The van der Waals surface area contributed by atoms with Gasteiger partial charge in [0.2, 0.25) is 0 Å². The largest absolute Gasteiger partial charge is 0.310 e. The van der Waals surface area contributed by atoms with Crippen molar-refractivity contribution in [3.8, 4) is 0 Å². The molecule has 1 aromatic carbocycles. The van der Waals surface area contributed by atoms with E-state index in [4.69, 9.17) is 0 Å². The maximum Gasteiger partial charge on any atom is 0.0473 e. The van der Waals surface area contributed by atoms with E-state index < -0.39 is 0 Å². The summed E-state index contributed by atoms with van der Waals surface area (Å²) in [5.41, 5.74) is 2.68. The Morgan fingerprint density at radius 3 is 2.32 bits per heavy atom. The van der Waals surface area contributed by atoms with Gasteiger partial charge in [0.1, 0.15) is 0 Å². The molecule has 1 atom stereocenters. The van der Waals surface area contributed by atoms with Gasteiger partial charge in [0.15, 0.2) is 0 Å². The molecular formula is C17H28N2.